The first kappa shape index (κ1) is 13.3. The molecule has 0 aromatic heterocycles. The van der Waals surface area contributed by atoms with Crippen LogP contribution in [0.5, 0.6) is 0 Å². The van der Waals surface area contributed by atoms with E-state index in [2.05, 4.69) is 5.32 Å². The minimum absolute atomic E-state index is 0.214. The van der Waals surface area contributed by atoms with Crippen molar-refractivity contribution in [3.63, 3.8) is 0 Å². The zero-order chi connectivity index (χ0) is 13.0. The van der Waals surface area contributed by atoms with Gasteiger partial charge in [-0.1, -0.05) is 0 Å². The predicted molar refractivity (Wildman–Crippen MR) is 69.2 cm³/mol. The van der Waals surface area contributed by atoms with Crippen molar-refractivity contribution in [3.8, 4) is 0 Å². The summed E-state index contributed by atoms with van der Waals surface area (Å²) in [6.45, 7) is 3.24. The van der Waals surface area contributed by atoms with Crippen molar-refractivity contribution in [2.24, 2.45) is 5.92 Å². The Morgan fingerprint density at radius 1 is 1.50 bits per heavy atom. The molecule has 0 spiro atoms. The third-order valence-corrected chi connectivity index (χ3v) is 3.06. The van der Waals surface area contributed by atoms with E-state index in [1.165, 1.54) is 18.9 Å². The summed E-state index contributed by atoms with van der Waals surface area (Å²) in [5.74, 6) is 0.499. The summed E-state index contributed by atoms with van der Waals surface area (Å²) in [4.78, 5) is 0. The van der Waals surface area contributed by atoms with Gasteiger partial charge in [-0.15, -0.1) is 0 Å². The van der Waals surface area contributed by atoms with Gasteiger partial charge < -0.3 is 15.2 Å². The first-order valence-electron chi connectivity index (χ1n) is 6.41. The summed E-state index contributed by atoms with van der Waals surface area (Å²) in [6, 6.07) is 4.82. The van der Waals surface area contributed by atoms with Crippen LogP contribution in [0.1, 0.15) is 18.4 Å². The van der Waals surface area contributed by atoms with E-state index in [9.17, 15) is 9.50 Å². The molecule has 4 heteroatoms. The molecule has 0 amide bonds. The second-order valence-electron chi connectivity index (χ2n) is 4.98. The number of aliphatic hydroxyl groups excluding tert-OH is 1. The Balaban J connectivity index is 1.67. The minimum atomic E-state index is -0.533. The summed E-state index contributed by atoms with van der Waals surface area (Å²) in [5.41, 5.74) is 1.41. The molecule has 3 nitrogen and oxygen atoms in total. The fourth-order valence-corrected chi connectivity index (χ4v) is 1.70. The quantitative estimate of drug-likeness (QED) is 0.783. The Kier molecular flexibility index (Phi) is 4.55. The molecule has 1 aliphatic rings. The van der Waals surface area contributed by atoms with Crippen molar-refractivity contribution in [1.29, 1.82) is 0 Å². The Morgan fingerprint density at radius 3 is 2.94 bits per heavy atom. The van der Waals surface area contributed by atoms with Crippen LogP contribution in [0.2, 0.25) is 0 Å². The average Bonchev–Trinajstić information content (AvgIpc) is 3.15. The number of halogens is 1. The lowest BCUT2D eigenvalue weighted by Crippen LogP contribution is -2.25. The SMILES string of the molecule is Cc1cc(NCC(O)COCC2CC2)ccc1F. The molecule has 1 unspecified atom stereocenters. The van der Waals surface area contributed by atoms with E-state index in [-0.39, 0.29) is 5.82 Å². The fraction of sp³-hybridized carbons (Fsp3) is 0.571. The lowest BCUT2D eigenvalue weighted by molar-refractivity contribution is 0.0386. The highest BCUT2D eigenvalue weighted by Gasteiger charge is 2.21. The lowest BCUT2D eigenvalue weighted by Gasteiger charge is -2.13. The second-order valence-corrected chi connectivity index (χ2v) is 4.98. The third kappa shape index (κ3) is 4.27. The van der Waals surface area contributed by atoms with E-state index < -0.39 is 6.10 Å². The summed E-state index contributed by atoms with van der Waals surface area (Å²) >= 11 is 0. The zero-order valence-electron chi connectivity index (χ0n) is 10.7. The van der Waals surface area contributed by atoms with E-state index in [1.54, 1.807) is 19.1 Å². The van der Waals surface area contributed by atoms with Gasteiger partial charge in [-0.25, -0.2) is 4.39 Å². The van der Waals surface area contributed by atoms with Crippen molar-refractivity contribution in [2.45, 2.75) is 25.9 Å². The first-order chi connectivity index (χ1) is 8.65. The van der Waals surface area contributed by atoms with Gasteiger partial charge in [-0.3, -0.25) is 0 Å². The topological polar surface area (TPSA) is 41.5 Å². The van der Waals surface area contributed by atoms with E-state index in [0.29, 0.717) is 24.6 Å². The first-order valence-corrected chi connectivity index (χ1v) is 6.41. The zero-order valence-corrected chi connectivity index (χ0v) is 10.7. The highest BCUT2D eigenvalue weighted by atomic mass is 19.1. The van der Waals surface area contributed by atoms with Crippen LogP contribution in [-0.2, 0) is 4.74 Å². The Labute approximate surface area is 107 Å². The van der Waals surface area contributed by atoms with Crippen molar-refractivity contribution in [3.05, 3.63) is 29.6 Å². The maximum absolute atomic E-state index is 13.0. The number of anilines is 1. The third-order valence-electron chi connectivity index (χ3n) is 3.06. The molecule has 100 valence electrons. The number of benzene rings is 1. The molecular weight excluding hydrogens is 233 g/mol. The molecule has 0 saturated heterocycles. The standard InChI is InChI=1S/C14H20FNO2/c1-10-6-12(4-5-14(10)15)16-7-13(17)9-18-8-11-2-3-11/h4-6,11,13,16-17H,2-3,7-9H2,1H3. The van der Waals surface area contributed by atoms with E-state index in [4.69, 9.17) is 4.74 Å². The van der Waals surface area contributed by atoms with Crippen LogP contribution in [0.15, 0.2) is 18.2 Å². The van der Waals surface area contributed by atoms with Crippen LogP contribution in [0.25, 0.3) is 0 Å². The Bertz CT molecular complexity index is 393. The van der Waals surface area contributed by atoms with Crippen LogP contribution in [-0.4, -0.2) is 31.0 Å². The van der Waals surface area contributed by atoms with E-state index in [1.807, 2.05) is 0 Å². The smallest absolute Gasteiger partial charge is 0.126 e. The molecule has 1 aliphatic carbocycles. The molecule has 2 rings (SSSR count). The fourth-order valence-electron chi connectivity index (χ4n) is 1.70. The van der Waals surface area contributed by atoms with Gasteiger partial charge in [-0.2, -0.15) is 0 Å². The summed E-state index contributed by atoms with van der Waals surface area (Å²) in [5, 5.41) is 12.8. The Hall–Kier alpha value is -1.13. The normalized spacial score (nSPS) is 16.6. The monoisotopic (exact) mass is 253 g/mol. The molecule has 2 N–H and O–H groups in total. The number of nitrogens with one attached hydrogen (secondary N) is 1. The minimum Gasteiger partial charge on any atom is -0.389 e. The van der Waals surface area contributed by atoms with Crippen molar-refractivity contribution >= 4 is 5.69 Å². The molecule has 1 aromatic rings. The molecular formula is C14H20FNO2. The highest BCUT2D eigenvalue weighted by Crippen LogP contribution is 2.28. The summed E-state index contributed by atoms with van der Waals surface area (Å²) in [6.07, 6.45) is 1.97. The van der Waals surface area contributed by atoms with Crippen molar-refractivity contribution in [1.82, 2.24) is 0 Å². The van der Waals surface area contributed by atoms with Gasteiger partial charge in [0.15, 0.2) is 0 Å². The second kappa shape index (κ2) is 6.16. The number of aryl methyl sites for hydroxylation is 1. The molecule has 0 heterocycles. The number of ether oxygens (including phenoxy) is 1. The maximum atomic E-state index is 13.0. The van der Waals surface area contributed by atoms with Crippen LogP contribution < -0.4 is 5.32 Å². The van der Waals surface area contributed by atoms with Crippen LogP contribution in [0.3, 0.4) is 0 Å². The molecule has 0 bridgehead atoms. The van der Waals surface area contributed by atoms with Gasteiger partial charge in [0, 0.05) is 18.8 Å². The number of hydrogen-bond donors (Lipinski definition) is 2. The van der Waals surface area contributed by atoms with Crippen LogP contribution in [0, 0.1) is 18.7 Å². The summed E-state index contributed by atoms with van der Waals surface area (Å²) < 4.78 is 18.4. The van der Waals surface area contributed by atoms with Gasteiger partial charge in [0.2, 0.25) is 0 Å². The predicted octanol–water partition coefficient (Wildman–Crippen LogP) is 2.33. The average molecular weight is 253 g/mol. The van der Waals surface area contributed by atoms with Crippen molar-refractivity contribution in [2.75, 3.05) is 25.1 Å². The molecule has 0 aliphatic heterocycles. The number of rotatable bonds is 7. The molecule has 0 radical (unpaired) electrons. The maximum Gasteiger partial charge on any atom is 0.126 e. The van der Waals surface area contributed by atoms with Gasteiger partial charge in [0.25, 0.3) is 0 Å². The van der Waals surface area contributed by atoms with E-state index in [0.717, 1.165) is 12.3 Å². The van der Waals surface area contributed by atoms with Gasteiger partial charge in [0.1, 0.15) is 5.82 Å². The van der Waals surface area contributed by atoms with E-state index >= 15 is 0 Å². The van der Waals surface area contributed by atoms with Crippen LogP contribution in [0.4, 0.5) is 10.1 Å². The molecule has 1 atom stereocenters. The van der Waals surface area contributed by atoms with Crippen molar-refractivity contribution < 1.29 is 14.2 Å². The van der Waals surface area contributed by atoms with Gasteiger partial charge >= 0.3 is 0 Å². The van der Waals surface area contributed by atoms with Crippen LogP contribution >= 0.6 is 0 Å². The molecule has 18 heavy (non-hydrogen) atoms. The summed E-state index contributed by atoms with van der Waals surface area (Å²) in [7, 11) is 0. The lowest BCUT2D eigenvalue weighted by atomic mass is 10.2. The van der Waals surface area contributed by atoms with Gasteiger partial charge in [0.05, 0.1) is 12.7 Å². The molecule has 1 fully saturated rings. The highest BCUT2D eigenvalue weighted by molar-refractivity contribution is 5.45. The number of aliphatic hydroxyl groups is 1. The largest absolute Gasteiger partial charge is 0.389 e. The van der Waals surface area contributed by atoms with Gasteiger partial charge in [-0.05, 0) is 49.4 Å². The number of hydrogen-bond acceptors (Lipinski definition) is 3. The molecule has 1 aromatic carbocycles. The molecule has 1 saturated carbocycles. The Morgan fingerprint density at radius 2 is 2.28 bits per heavy atom.